The Bertz CT molecular complexity index is 260. The summed E-state index contributed by atoms with van der Waals surface area (Å²) >= 11 is 0. The van der Waals surface area contributed by atoms with Gasteiger partial charge in [-0.2, -0.15) is 0 Å². The lowest BCUT2D eigenvalue weighted by Gasteiger charge is -2.23. The largest absolute Gasteiger partial charge is 0.478 e. The van der Waals surface area contributed by atoms with Gasteiger partial charge in [-0.05, 0) is 6.42 Å². The highest BCUT2D eigenvalue weighted by molar-refractivity contribution is 5.87. The lowest BCUT2D eigenvalue weighted by molar-refractivity contribution is -0.133. The molecule has 0 radical (unpaired) electrons. The fraction of sp³-hybridized carbons (Fsp3) is 0.500. The number of carbonyl (C=O) groups excluding carboxylic acids is 1. The van der Waals surface area contributed by atoms with Crippen molar-refractivity contribution in [3.63, 3.8) is 0 Å². The number of carbonyl (C=O) groups is 2. The third kappa shape index (κ3) is 2.87. The van der Waals surface area contributed by atoms with Gasteiger partial charge in [0.1, 0.15) is 0 Å². The van der Waals surface area contributed by atoms with Crippen LogP contribution in [0.4, 0.5) is 0 Å². The maximum atomic E-state index is 10.6. The molecule has 1 heterocycles. The summed E-state index contributed by atoms with van der Waals surface area (Å²) < 4.78 is 0. The Balaban J connectivity index is 2.52. The molecule has 0 fully saturated rings. The summed E-state index contributed by atoms with van der Waals surface area (Å²) in [6.07, 6.45) is 2.34. The van der Waals surface area contributed by atoms with Crippen molar-refractivity contribution in [2.75, 3.05) is 19.6 Å². The van der Waals surface area contributed by atoms with E-state index in [4.69, 9.17) is 10.8 Å². The van der Waals surface area contributed by atoms with E-state index in [-0.39, 0.29) is 6.54 Å². The molecule has 1 rings (SSSR count). The molecule has 0 spiro atoms. The van der Waals surface area contributed by atoms with Gasteiger partial charge in [0.25, 0.3) is 0 Å². The van der Waals surface area contributed by atoms with Crippen LogP contribution >= 0.6 is 0 Å². The smallest absolute Gasteiger partial charge is 0.332 e. The van der Waals surface area contributed by atoms with Crippen molar-refractivity contribution < 1.29 is 14.7 Å². The summed E-state index contributed by atoms with van der Waals surface area (Å²) in [5.41, 5.74) is 5.34. The quantitative estimate of drug-likeness (QED) is 0.600. The second-order valence-electron chi connectivity index (χ2n) is 3.00. The molecule has 0 aromatic heterocycles. The third-order valence-corrected chi connectivity index (χ3v) is 1.88. The Morgan fingerprint density at radius 2 is 2.31 bits per heavy atom. The fourth-order valence-electron chi connectivity index (χ4n) is 1.32. The van der Waals surface area contributed by atoms with Crippen LogP contribution in [0.1, 0.15) is 6.42 Å². The van der Waals surface area contributed by atoms with Crippen LogP contribution in [-0.2, 0) is 9.59 Å². The predicted octanol–water partition coefficient (Wildman–Crippen LogP) is -0.812. The minimum atomic E-state index is -0.922. The van der Waals surface area contributed by atoms with E-state index in [1.54, 1.807) is 11.0 Å². The second-order valence-corrected chi connectivity index (χ2v) is 3.00. The zero-order valence-electron chi connectivity index (χ0n) is 7.19. The van der Waals surface area contributed by atoms with E-state index in [0.29, 0.717) is 25.1 Å². The van der Waals surface area contributed by atoms with Crippen LogP contribution in [0, 0.1) is 0 Å². The summed E-state index contributed by atoms with van der Waals surface area (Å²) in [5.74, 6) is -1.35. The van der Waals surface area contributed by atoms with Crippen LogP contribution in [0.3, 0.4) is 0 Å². The lowest BCUT2D eigenvalue weighted by Crippen LogP contribution is -2.38. The van der Waals surface area contributed by atoms with Crippen molar-refractivity contribution in [2.45, 2.75) is 6.42 Å². The van der Waals surface area contributed by atoms with Gasteiger partial charge >= 0.3 is 5.97 Å². The Hall–Kier alpha value is -1.36. The van der Waals surface area contributed by atoms with Gasteiger partial charge in [-0.1, -0.05) is 6.08 Å². The van der Waals surface area contributed by atoms with Crippen molar-refractivity contribution in [3.05, 3.63) is 11.6 Å². The van der Waals surface area contributed by atoms with Crippen LogP contribution in [0.5, 0.6) is 0 Å². The highest BCUT2D eigenvalue weighted by Crippen LogP contribution is 2.08. The van der Waals surface area contributed by atoms with Gasteiger partial charge in [-0.3, -0.25) is 9.69 Å². The first-order valence-corrected chi connectivity index (χ1v) is 4.02. The van der Waals surface area contributed by atoms with Gasteiger partial charge in [-0.25, -0.2) is 4.79 Å². The molecule has 1 amide bonds. The molecule has 5 heteroatoms. The van der Waals surface area contributed by atoms with E-state index < -0.39 is 11.9 Å². The number of aliphatic carboxylic acids is 1. The van der Waals surface area contributed by atoms with Crippen LogP contribution in [0.25, 0.3) is 0 Å². The number of carboxylic acids is 1. The van der Waals surface area contributed by atoms with Crippen molar-refractivity contribution in [2.24, 2.45) is 5.73 Å². The number of carboxylic acid groups (broad SMARTS) is 1. The maximum Gasteiger partial charge on any atom is 0.332 e. The van der Waals surface area contributed by atoms with E-state index in [9.17, 15) is 9.59 Å². The molecule has 0 saturated heterocycles. The third-order valence-electron chi connectivity index (χ3n) is 1.88. The molecule has 0 atom stereocenters. The molecule has 0 aromatic rings. The minimum Gasteiger partial charge on any atom is -0.478 e. The molecule has 0 saturated carbocycles. The van der Waals surface area contributed by atoms with Crippen molar-refractivity contribution >= 4 is 11.9 Å². The van der Waals surface area contributed by atoms with Crippen LogP contribution in [0.2, 0.25) is 0 Å². The van der Waals surface area contributed by atoms with Crippen LogP contribution in [-0.4, -0.2) is 41.5 Å². The molecule has 13 heavy (non-hydrogen) atoms. The van der Waals surface area contributed by atoms with Crippen molar-refractivity contribution in [1.82, 2.24) is 4.90 Å². The average Bonchev–Trinajstić information content (AvgIpc) is 2.03. The molecular formula is C8H12N2O3. The zero-order chi connectivity index (χ0) is 9.84. The first kappa shape index (κ1) is 9.73. The first-order valence-electron chi connectivity index (χ1n) is 4.02. The van der Waals surface area contributed by atoms with E-state index >= 15 is 0 Å². The molecule has 0 aliphatic carbocycles. The molecule has 1 aliphatic rings. The van der Waals surface area contributed by atoms with E-state index in [0.717, 1.165) is 0 Å². The Kier molecular flexibility index (Phi) is 3.02. The first-order chi connectivity index (χ1) is 6.09. The van der Waals surface area contributed by atoms with E-state index in [1.807, 2.05) is 0 Å². The molecule has 72 valence electrons. The summed E-state index contributed by atoms with van der Waals surface area (Å²) in [6, 6.07) is 0. The number of primary amides is 1. The van der Waals surface area contributed by atoms with Crippen molar-refractivity contribution in [3.8, 4) is 0 Å². The number of amides is 1. The normalized spacial score (nSPS) is 18.0. The molecule has 0 bridgehead atoms. The molecule has 1 aliphatic heterocycles. The summed E-state index contributed by atoms with van der Waals surface area (Å²) in [4.78, 5) is 22.9. The monoisotopic (exact) mass is 184 g/mol. The Morgan fingerprint density at radius 1 is 1.62 bits per heavy atom. The molecule has 3 N–H and O–H groups in total. The van der Waals surface area contributed by atoms with Crippen LogP contribution < -0.4 is 5.73 Å². The summed E-state index contributed by atoms with van der Waals surface area (Å²) in [6.45, 7) is 1.13. The van der Waals surface area contributed by atoms with Crippen LogP contribution in [0.15, 0.2) is 11.6 Å². The molecule has 0 aromatic carbocycles. The number of hydrogen-bond donors (Lipinski definition) is 2. The molecule has 5 nitrogen and oxygen atoms in total. The van der Waals surface area contributed by atoms with E-state index in [2.05, 4.69) is 0 Å². The van der Waals surface area contributed by atoms with Gasteiger partial charge in [0.15, 0.2) is 0 Å². The van der Waals surface area contributed by atoms with Gasteiger partial charge in [0.2, 0.25) is 5.91 Å². The number of rotatable bonds is 3. The fourth-order valence-corrected chi connectivity index (χ4v) is 1.32. The maximum absolute atomic E-state index is 10.6. The topological polar surface area (TPSA) is 83.6 Å². The molecule has 0 unspecified atom stereocenters. The summed E-state index contributed by atoms with van der Waals surface area (Å²) in [7, 11) is 0. The van der Waals surface area contributed by atoms with Gasteiger partial charge in [0.05, 0.1) is 6.54 Å². The molecular weight excluding hydrogens is 172 g/mol. The van der Waals surface area contributed by atoms with Gasteiger partial charge < -0.3 is 10.8 Å². The number of nitrogens with two attached hydrogens (primary N) is 1. The lowest BCUT2D eigenvalue weighted by atomic mass is 10.1. The highest BCUT2D eigenvalue weighted by Gasteiger charge is 2.17. The second kappa shape index (κ2) is 4.04. The minimum absolute atomic E-state index is 0.130. The van der Waals surface area contributed by atoms with Gasteiger partial charge in [-0.15, -0.1) is 0 Å². The standard InChI is InChI=1S/C8H12N2O3/c9-7(11)5-10-3-1-2-6(4-10)8(12)13/h2H,1,3-5H2,(H2,9,11)(H,12,13). The SMILES string of the molecule is NC(=O)CN1CCC=C(C(=O)O)C1. The average molecular weight is 184 g/mol. The summed E-state index contributed by atoms with van der Waals surface area (Å²) in [5, 5.41) is 8.68. The van der Waals surface area contributed by atoms with Crippen molar-refractivity contribution in [1.29, 1.82) is 0 Å². The number of nitrogens with zero attached hydrogens (tertiary/aromatic N) is 1. The van der Waals surface area contributed by atoms with Gasteiger partial charge in [0, 0.05) is 18.7 Å². The zero-order valence-corrected chi connectivity index (χ0v) is 7.19. The predicted molar refractivity (Wildman–Crippen MR) is 46.0 cm³/mol. The highest BCUT2D eigenvalue weighted by atomic mass is 16.4. The number of hydrogen-bond acceptors (Lipinski definition) is 3. The Labute approximate surface area is 75.8 Å². The Morgan fingerprint density at radius 3 is 2.85 bits per heavy atom. The van der Waals surface area contributed by atoms with E-state index in [1.165, 1.54) is 0 Å².